The Morgan fingerprint density at radius 1 is 1.40 bits per heavy atom. The highest BCUT2D eigenvalue weighted by molar-refractivity contribution is 6.28. The molecule has 0 radical (unpaired) electrons. The SMILES string of the molecule is C[n+]1ccccc1Cl.Cl.[I-]. The molecule has 1 aromatic heterocycles. The van der Waals surface area contributed by atoms with Crippen molar-refractivity contribution in [1.29, 1.82) is 0 Å². The largest absolute Gasteiger partial charge is 1.00 e. The van der Waals surface area contributed by atoms with Crippen LogP contribution in [-0.2, 0) is 7.05 Å². The van der Waals surface area contributed by atoms with Crippen LogP contribution in [0.1, 0.15) is 0 Å². The molecule has 0 aliphatic carbocycles. The van der Waals surface area contributed by atoms with E-state index in [0.717, 1.165) is 5.15 Å². The van der Waals surface area contributed by atoms with E-state index in [1.807, 2.05) is 36.0 Å². The minimum atomic E-state index is 0. The van der Waals surface area contributed by atoms with Crippen LogP contribution in [0.25, 0.3) is 0 Å². The van der Waals surface area contributed by atoms with Crippen LogP contribution in [0, 0.1) is 0 Å². The lowest BCUT2D eigenvalue weighted by molar-refractivity contribution is -0.669. The van der Waals surface area contributed by atoms with Crippen LogP contribution >= 0.6 is 24.0 Å². The summed E-state index contributed by atoms with van der Waals surface area (Å²) in [5.41, 5.74) is 0. The van der Waals surface area contributed by atoms with E-state index in [-0.39, 0.29) is 36.4 Å². The number of nitrogens with zero attached hydrogens (tertiary/aromatic N) is 1. The van der Waals surface area contributed by atoms with Gasteiger partial charge in [0.1, 0.15) is 7.05 Å². The predicted octanol–water partition coefficient (Wildman–Crippen LogP) is -1.41. The molecule has 0 spiro atoms. The molecular weight excluding hydrogens is 284 g/mol. The first-order valence-corrected chi connectivity index (χ1v) is 2.78. The smallest absolute Gasteiger partial charge is 0.274 e. The maximum atomic E-state index is 5.67. The maximum absolute atomic E-state index is 5.67. The summed E-state index contributed by atoms with van der Waals surface area (Å²) >= 11 is 5.67. The first kappa shape index (κ1) is 13.1. The van der Waals surface area contributed by atoms with Gasteiger partial charge >= 0.3 is 0 Å². The Hall–Kier alpha value is 0.460. The highest BCUT2D eigenvalue weighted by Gasteiger charge is 1.94. The van der Waals surface area contributed by atoms with Crippen LogP contribution in [-0.4, -0.2) is 0 Å². The van der Waals surface area contributed by atoms with E-state index >= 15 is 0 Å². The zero-order chi connectivity index (χ0) is 5.98. The number of hydrogen-bond acceptors (Lipinski definition) is 0. The van der Waals surface area contributed by atoms with Gasteiger partial charge in [-0.25, -0.2) is 0 Å². The fraction of sp³-hybridized carbons (Fsp3) is 0.167. The molecule has 0 saturated carbocycles. The summed E-state index contributed by atoms with van der Waals surface area (Å²) in [6, 6.07) is 5.69. The lowest BCUT2D eigenvalue weighted by atomic mass is 10.5. The molecular formula is C6H8Cl2IN. The topological polar surface area (TPSA) is 3.88 Å². The van der Waals surface area contributed by atoms with E-state index in [1.54, 1.807) is 0 Å². The van der Waals surface area contributed by atoms with Crippen LogP contribution in [0.5, 0.6) is 0 Å². The third-order valence-electron chi connectivity index (χ3n) is 0.991. The standard InChI is InChI=1S/C6H7ClN.ClH.HI/c1-8-5-3-2-4-6(8)7;;/h2-5H,1H3;2*1H/q+1;;/p-1. The van der Waals surface area contributed by atoms with Crippen LogP contribution in [0.3, 0.4) is 0 Å². The Labute approximate surface area is 88.8 Å². The summed E-state index contributed by atoms with van der Waals surface area (Å²) in [4.78, 5) is 0. The first-order chi connectivity index (χ1) is 3.80. The van der Waals surface area contributed by atoms with Crippen molar-refractivity contribution in [1.82, 2.24) is 0 Å². The van der Waals surface area contributed by atoms with Gasteiger partial charge < -0.3 is 24.0 Å². The fourth-order valence-electron chi connectivity index (χ4n) is 0.503. The first-order valence-electron chi connectivity index (χ1n) is 2.41. The normalized spacial score (nSPS) is 7.40. The van der Waals surface area contributed by atoms with Gasteiger partial charge in [-0.15, -0.1) is 12.4 Å². The monoisotopic (exact) mass is 291 g/mol. The highest BCUT2D eigenvalue weighted by Crippen LogP contribution is 1.95. The average molecular weight is 292 g/mol. The predicted molar refractivity (Wildman–Crippen MR) is 39.9 cm³/mol. The molecule has 0 aliphatic rings. The van der Waals surface area contributed by atoms with Crippen LogP contribution in [0.15, 0.2) is 24.4 Å². The molecule has 58 valence electrons. The molecule has 10 heavy (non-hydrogen) atoms. The highest BCUT2D eigenvalue weighted by atomic mass is 127. The summed E-state index contributed by atoms with van der Waals surface area (Å²) in [5.74, 6) is 0. The van der Waals surface area contributed by atoms with Crippen molar-refractivity contribution in [3.63, 3.8) is 0 Å². The number of aromatic nitrogens is 1. The van der Waals surface area contributed by atoms with Crippen LogP contribution < -0.4 is 28.5 Å². The molecule has 0 unspecified atom stereocenters. The number of pyridine rings is 1. The van der Waals surface area contributed by atoms with Crippen molar-refractivity contribution in [2.45, 2.75) is 0 Å². The third-order valence-corrected chi connectivity index (χ3v) is 1.38. The molecule has 0 aliphatic heterocycles. The summed E-state index contributed by atoms with van der Waals surface area (Å²) in [6.07, 6.45) is 1.91. The molecule has 0 N–H and O–H groups in total. The maximum Gasteiger partial charge on any atom is 0.274 e. The zero-order valence-corrected chi connectivity index (χ0v) is 9.15. The van der Waals surface area contributed by atoms with E-state index in [4.69, 9.17) is 11.6 Å². The average Bonchev–Trinajstić information content (AvgIpc) is 1.77. The second kappa shape index (κ2) is 6.19. The van der Waals surface area contributed by atoms with Crippen molar-refractivity contribution < 1.29 is 28.5 Å². The summed E-state index contributed by atoms with van der Waals surface area (Å²) in [7, 11) is 1.91. The molecule has 0 atom stereocenters. The number of hydrogen-bond donors (Lipinski definition) is 0. The van der Waals surface area contributed by atoms with Crippen molar-refractivity contribution in [2.75, 3.05) is 0 Å². The van der Waals surface area contributed by atoms with E-state index in [0.29, 0.717) is 0 Å². The van der Waals surface area contributed by atoms with Gasteiger partial charge in [0.15, 0.2) is 6.20 Å². The van der Waals surface area contributed by atoms with Crippen LogP contribution in [0.4, 0.5) is 0 Å². The summed E-state index contributed by atoms with van der Waals surface area (Å²) in [6.45, 7) is 0. The Kier molecular flexibility index (Phi) is 8.09. The van der Waals surface area contributed by atoms with Gasteiger partial charge in [0.2, 0.25) is 0 Å². The van der Waals surface area contributed by atoms with Crippen molar-refractivity contribution in [3.8, 4) is 0 Å². The Morgan fingerprint density at radius 2 is 2.00 bits per heavy atom. The third kappa shape index (κ3) is 3.58. The minimum Gasteiger partial charge on any atom is -1.00 e. The number of halogens is 3. The number of aryl methyl sites for hydroxylation is 1. The molecule has 0 saturated heterocycles. The van der Waals surface area contributed by atoms with Gasteiger partial charge in [-0.1, -0.05) is 0 Å². The van der Waals surface area contributed by atoms with Crippen molar-refractivity contribution in [3.05, 3.63) is 29.5 Å². The quantitative estimate of drug-likeness (QED) is 0.314. The Bertz CT molecular complexity index is 172. The summed E-state index contributed by atoms with van der Waals surface area (Å²) in [5, 5.41) is 0.757. The van der Waals surface area contributed by atoms with Gasteiger partial charge in [0.25, 0.3) is 5.15 Å². The van der Waals surface area contributed by atoms with E-state index in [2.05, 4.69) is 0 Å². The molecule has 1 rings (SSSR count). The minimum absolute atomic E-state index is 0. The summed E-state index contributed by atoms with van der Waals surface area (Å²) < 4.78 is 1.85. The fourth-order valence-corrected chi connectivity index (χ4v) is 0.632. The van der Waals surface area contributed by atoms with Gasteiger partial charge in [0.05, 0.1) is 0 Å². The second-order valence-electron chi connectivity index (χ2n) is 1.63. The Balaban J connectivity index is 0. The lowest BCUT2D eigenvalue weighted by Gasteiger charge is -1.84. The van der Waals surface area contributed by atoms with Crippen molar-refractivity contribution in [2.24, 2.45) is 7.05 Å². The van der Waals surface area contributed by atoms with E-state index < -0.39 is 0 Å². The van der Waals surface area contributed by atoms with Gasteiger partial charge in [-0.3, -0.25) is 0 Å². The van der Waals surface area contributed by atoms with Crippen molar-refractivity contribution >= 4 is 24.0 Å². The van der Waals surface area contributed by atoms with Gasteiger partial charge in [-0.2, -0.15) is 4.57 Å². The lowest BCUT2D eigenvalue weighted by Crippen LogP contribution is -3.00. The van der Waals surface area contributed by atoms with Crippen LogP contribution in [0.2, 0.25) is 5.15 Å². The molecule has 4 heteroatoms. The van der Waals surface area contributed by atoms with Gasteiger partial charge in [-0.05, 0) is 17.7 Å². The molecule has 0 fully saturated rings. The molecule has 0 aromatic carbocycles. The van der Waals surface area contributed by atoms with E-state index in [1.165, 1.54) is 0 Å². The zero-order valence-electron chi connectivity index (χ0n) is 5.42. The van der Waals surface area contributed by atoms with Gasteiger partial charge in [0, 0.05) is 12.1 Å². The van der Waals surface area contributed by atoms with E-state index in [9.17, 15) is 0 Å². The second-order valence-corrected chi connectivity index (χ2v) is 2.02. The molecule has 1 heterocycles. The molecule has 0 amide bonds. The molecule has 1 aromatic rings. The molecule has 1 nitrogen and oxygen atoms in total. The number of rotatable bonds is 0. The Morgan fingerprint density at radius 3 is 2.30 bits per heavy atom. The molecule has 0 bridgehead atoms.